The molecule has 5 rings (SSSR count). The van der Waals surface area contributed by atoms with Crippen molar-refractivity contribution < 1.29 is 13.7 Å². The minimum absolute atomic E-state index is 0.316. The average molecular weight is 483 g/mol. The largest absolute Gasteiger partial charge is 0.334 e. The van der Waals surface area contributed by atoms with Crippen LogP contribution in [0.4, 0.5) is 14.9 Å². The molecular formula is C29H27FN4O2. The summed E-state index contributed by atoms with van der Waals surface area (Å²) >= 11 is 0. The number of amides is 2. The molecule has 1 aliphatic heterocycles. The van der Waals surface area contributed by atoms with E-state index in [0.717, 1.165) is 27.8 Å². The van der Waals surface area contributed by atoms with Crippen LogP contribution in [0.15, 0.2) is 70.9 Å². The zero-order chi connectivity index (χ0) is 25.6. The highest BCUT2D eigenvalue weighted by Gasteiger charge is 2.36. The first-order valence-electron chi connectivity index (χ1n) is 11.8. The lowest BCUT2D eigenvalue weighted by Gasteiger charge is -2.35. The summed E-state index contributed by atoms with van der Waals surface area (Å²) < 4.78 is 19.8. The number of carbonyl (C=O) groups is 1. The summed E-state index contributed by atoms with van der Waals surface area (Å²) in [5.41, 5.74) is 7.43. The van der Waals surface area contributed by atoms with E-state index >= 15 is 0 Å². The zero-order valence-corrected chi connectivity index (χ0v) is 20.9. The fourth-order valence-electron chi connectivity index (χ4n) is 4.53. The van der Waals surface area contributed by atoms with Crippen molar-refractivity contribution in [2.75, 3.05) is 4.90 Å². The maximum Gasteiger partial charge on any atom is 0.326 e. The Balaban J connectivity index is 1.68. The van der Waals surface area contributed by atoms with E-state index in [4.69, 9.17) is 9.51 Å². The lowest BCUT2D eigenvalue weighted by atomic mass is 9.92. The molecule has 4 aromatic rings. The van der Waals surface area contributed by atoms with E-state index in [2.05, 4.69) is 16.5 Å². The number of nitrogens with one attached hydrogen (secondary N) is 1. The van der Waals surface area contributed by atoms with E-state index < -0.39 is 6.04 Å². The summed E-state index contributed by atoms with van der Waals surface area (Å²) in [4.78, 5) is 19.6. The maximum absolute atomic E-state index is 14.0. The van der Waals surface area contributed by atoms with Crippen molar-refractivity contribution in [2.45, 2.75) is 40.7 Å². The number of nitrogens with zero attached hydrogens (tertiary/aromatic N) is 3. The Morgan fingerprint density at radius 2 is 1.72 bits per heavy atom. The fraction of sp³-hybridized carbons (Fsp3) is 0.207. The highest BCUT2D eigenvalue weighted by atomic mass is 19.1. The van der Waals surface area contributed by atoms with Crippen LogP contribution in [-0.4, -0.2) is 16.2 Å². The highest BCUT2D eigenvalue weighted by molar-refractivity contribution is 6.01. The first-order chi connectivity index (χ1) is 17.2. The topological polar surface area (TPSA) is 71.3 Å². The molecule has 2 heterocycles. The third-order valence-electron chi connectivity index (χ3n) is 6.68. The molecule has 6 nitrogen and oxygen atoms in total. The molecule has 3 aromatic carbocycles. The minimum Gasteiger partial charge on any atom is -0.334 e. The molecule has 0 aliphatic carbocycles. The van der Waals surface area contributed by atoms with Crippen LogP contribution in [0.25, 0.3) is 17.0 Å². The predicted octanol–water partition coefficient (Wildman–Crippen LogP) is 6.81. The second-order valence-electron chi connectivity index (χ2n) is 9.29. The van der Waals surface area contributed by atoms with Gasteiger partial charge in [0, 0.05) is 11.3 Å². The van der Waals surface area contributed by atoms with Gasteiger partial charge in [0.05, 0.1) is 17.3 Å². The quantitative estimate of drug-likeness (QED) is 0.347. The summed E-state index contributed by atoms with van der Waals surface area (Å²) in [5, 5.41) is 7.35. The van der Waals surface area contributed by atoms with Crippen molar-refractivity contribution in [1.82, 2.24) is 15.5 Å². The third-order valence-corrected chi connectivity index (χ3v) is 6.68. The van der Waals surface area contributed by atoms with Crippen LogP contribution >= 0.6 is 0 Å². The summed E-state index contributed by atoms with van der Waals surface area (Å²) in [6, 6.07) is 17.8. The molecule has 0 saturated heterocycles. The van der Waals surface area contributed by atoms with Crippen LogP contribution in [0.5, 0.6) is 0 Å². The number of benzene rings is 3. The second-order valence-corrected chi connectivity index (χ2v) is 9.29. The number of hydrogen-bond acceptors (Lipinski definition) is 4. The molecule has 0 bridgehead atoms. The van der Waals surface area contributed by atoms with Gasteiger partial charge in [-0.15, -0.1) is 0 Å². The van der Waals surface area contributed by atoms with E-state index in [0.29, 0.717) is 34.2 Å². The summed E-state index contributed by atoms with van der Waals surface area (Å²) in [7, 11) is 0. The van der Waals surface area contributed by atoms with Crippen molar-refractivity contribution in [2.24, 2.45) is 0 Å². The van der Waals surface area contributed by atoms with Crippen molar-refractivity contribution in [3.8, 4) is 11.4 Å². The number of halogens is 1. The van der Waals surface area contributed by atoms with Crippen LogP contribution in [0.1, 0.15) is 46.7 Å². The monoisotopic (exact) mass is 482 g/mol. The Hall–Kier alpha value is -4.26. The van der Waals surface area contributed by atoms with Gasteiger partial charge in [-0.3, -0.25) is 4.90 Å². The molecule has 1 N–H and O–H groups in total. The number of hydrogen-bond donors (Lipinski definition) is 1. The van der Waals surface area contributed by atoms with Crippen molar-refractivity contribution >= 4 is 17.3 Å². The number of anilines is 1. The molecule has 36 heavy (non-hydrogen) atoms. The minimum atomic E-state index is -0.500. The Labute approximate surface area is 209 Å². The summed E-state index contributed by atoms with van der Waals surface area (Å²) in [6.45, 7) is 9.61. The molecule has 0 fully saturated rings. The zero-order valence-electron chi connectivity index (χ0n) is 20.9. The number of aromatic nitrogens is 2. The van der Waals surface area contributed by atoms with Crippen LogP contribution < -0.4 is 10.2 Å². The van der Waals surface area contributed by atoms with Crippen LogP contribution in [-0.2, 0) is 0 Å². The maximum atomic E-state index is 14.0. The lowest BCUT2D eigenvalue weighted by molar-refractivity contribution is 0.244. The molecule has 0 spiro atoms. The van der Waals surface area contributed by atoms with Gasteiger partial charge in [0.15, 0.2) is 0 Å². The Morgan fingerprint density at radius 3 is 2.44 bits per heavy atom. The van der Waals surface area contributed by atoms with Gasteiger partial charge in [0.25, 0.3) is 5.89 Å². The molecule has 0 saturated carbocycles. The first-order valence-corrected chi connectivity index (χ1v) is 11.8. The molecule has 182 valence electrons. The van der Waals surface area contributed by atoms with Gasteiger partial charge in [0.2, 0.25) is 5.82 Å². The molecule has 2 amide bonds. The van der Waals surface area contributed by atoms with E-state index in [1.165, 1.54) is 11.0 Å². The summed E-state index contributed by atoms with van der Waals surface area (Å²) in [5.74, 6) is 0.454. The predicted molar refractivity (Wildman–Crippen MR) is 138 cm³/mol. The molecular weight excluding hydrogens is 455 g/mol. The van der Waals surface area contributed by atoms with Crippen LogP contribution in [0.3, 0.4) is 0 Å². The number of urea groups is 1. The first kappa shape index (κ1) is 23.5. The highest BCUT2D eigenvalue weighted by Crippen LogP contribution is 2.39. The van der Waals surface area contributed by atoms with Crippen molar-refractivity contribution in [1.29, 1.82) is 0 Å². The smallest absolute Gasteiger partial charge is 0.326 e. The fourth-order valence-corrected chi connectivity index (χ4v) is 4.53. The molecule has 1 atom stereocenters. The molecule has 7 heteroatoms. The Morgan fingerprint density at radius 1 is 0.917 bits per heavy atom. The van der Waals surface area contributed by atoms with Gasteiger partial charge in [-0.1, -0.05) is 47.1 Å². The number of rotatable bonds is 4. The number of aryl methyl sites for hydroxylation is 4. The van der Waals surface area contributed by atoms with Crippen LogP contribution in [0.2, 0.25) is 0 Å². The molecule has 0 radical (unpaired) electrons. The van der Waals surface area contributed by atoms with Crippen molar-refractivity contribution in [3.63, 3.8) is 0 Å². The standard InChI is InChI=1S/C29H27FN4O2/c1-16-7-6-8-22(13-16)27-32-28(36-33-27)25-20(5)34(23-11-12-24(30)19(4)15-23)29(35)31-26(25)21-10-9-17(2)18(3)14-21/h6-15,26H,1-5H3,(H,31,35). The van der Waals surface area contributed by atoms with Gasteiger partial charge in [-0.25, -0.2) is 9.18 Å². The van der Waals surface area contributed by atoms with Gasteiger partial charge in [-0.05, 0) is 81.1 Å². The van der Waals surface area contributed by atoms with E-state index in [9.17, 15) is 9.18 Å². The second kappa shape index (κ2) is 9.07. The normalized spacial score (nSPS) is 15.9. The van der Waals surface area contributed by atoms with Gasteiger partial charge in [0.1, 0.15) is 5.82 Å². The Bertz CT molecular complexity index is 1520. The van der Waals surface area contributed by atoms with Crippen molar-refractivity contribution in [3.05, 3.63) is 106 Å². The van der Waals surface area contributed by atoms with E-state index in [1.807, 2.05) is 64.1 Å². The third kappa shape index (κ3) is 4.17. The average Bonchev–Trinajstić information content (AvgIpc) is 3.32. The van der Waals surface area contributed by atoms with Gasteiger partial charge in [-0.2, -0.15) is 4.98 Å². The SMILES string of the molecule is CC1=C(c2nc(-c3cccc(C)c3)no2)C(c2ccc(C)c(C)c2)NC(=O)N1c1ccc(F)c(C)c1. The summed E-state index contributed by atoms with van der Waals surface area (Å²) in [6.07, 6.45) is 0. The molecule has 1 aromatic heterocycles. The molecule has 1 aliphatic rings. The molecule has 1 unspecified atom stereocenters. The van der Waals surface area contributed by atoms with E-state index in [1.54, 1.807) is 19.1 Å². The van der Waals surface area contributed by atoms with Gasteiger partial charge >= 0.3 is 6.03 Å². The number of carbonyl (C=O) groups excluding carboxylic acids is 1. The van der Waals surface area contributed by atoms with Gasteiger partial charge < -0.3 is 9.84 Å². The number of allylic oxidation sites excluding steroid dienone is 1. The Kier molecular flexibility index (Phi) is 5.92. The van der Waals surface area contributed by atoms with Crippen LogP contribution in [0, 0.1) is 33.5 Å². The van der Waals surface area contributed by atoms with E-state index in [-0.39, 0.29) is 11.8 Å². The lowest BCUT2D eigenvalue weighted by Crippen LogP contribution is -2.46.